The van der Waals surface area contributed by atoms with E-state index >= 15 is 0 Å². The van der Waals surface area contributed by atoms with Crippen LogP contribution in [-0.2, 0) is 4.79 Å². The van der Waals surface area contributed by atoms with Gasteiger partial charge in [-0.25, -0.2) is 0 Å². The number of aryl methyl sites for hydroxylation is 1. The van der Waals surface area contributed by atoms with Crippen molar-refractivity contribution in [3.63, 3.8) is 0 Å². The van der Waals surface area contributed by atoms with Crippen LogP contribution in [0.25, 0.3) is 12.2 Å². The van der Waals surface area contributed by atoms with Crippen LogP contribution in [0.2, 0.25) is 0 Å². The fourth-order valence-corrected chi connectivity index (χ4v) is 1.87. The van der Waals surface area contributed by atoms with Crippen molar-refractivity contribution in [2.24, 2.45) is 0 Å². The molecule has 0 aliphatic heterocycles. The van der Waals surface area contributed by atoms with Crippen LogP contribution in [0.5, 0.6) is 5.75 Å². The predicted octanol–water partition coefficient (Wildman–Crippen LogP) is 5.19. The molecule has 24 heavy (non-hydrogen) atoms. The highest BCUT2D eigenvalue weighted by atomic mass is 19.4. The van der Waals surface area contributed by atoms with Crippen molar-refractivity contribution in [1.82, 2.24) is 0 Å². The van der Waals surface area contributed by atoms with Crippen LogP contribution >= 0.6 is 0 Å². The average molecular weight is 332 g/mol. The molecule has 0 unspecified atom stereocenters. The van der Waals surface area contributed by atoms with Crippen molar-refractivity contribution in [1.29, 1.82) is 0 Å². The second-order valence-corrected chi connectivity index (χ2v) is 5.10. The number of halogens is 3. The Morgan fingerprint density at radius 3 is 1.79 bits per heavy atom. The lowest BCUT2D eigenvalue weighted by atomic mass is 10.1. The quantitative estimate of drug-likeness (QED) is 0.704. The van der Waals surface area contributed by atoms with Crippen LogP contribution in [0.4, 0.5) is 13.2 Å². The van der Waals surface area contributed by atoms with Gasteiger partial charge >= 0.3 is 6.36 Å². The van der Waals surface area contributed by atoms with Crippen molar-refractivity contribution in [2.45, 2.75) is 13.3 Å². The van der Waals surface area contributed by atoms with E-state index in [1.165, 1.54) is 42.5 Å². The summed E-state index contributed by atoms with van der Waals surface area (Å²) >= 11 is 0. The molecule has 0 saturated carbocycles. The molecular formula is C19H15F3O2. The van der Waals surface area contributed by atoms with Crippen LogP contribution in [0, 0.1) is 6.92 Å². The Hall–Kier alpha value is -2.82. The lowest BCUT2D eigenvalue weighted by Crippen LogP contribution is -2.16. The van der Waals surface area contributed by atoms with Crippen molar-refractivity contribution >= 4 is 17.9 Å². The maximum Gasteiger partial charge on any atom is 0.573 e. The lowest BCUT2D eigenvalue weighted by molar-refractivity contribution is -0.274. The van der Waals surface area contributed by atoms with Gasteiger partial charge in [0, 0.05) is 0 Å². The summed E-state index contributed by atoms with van der Waals surface area (Å²) in [7, 11) is 0. The number of alkyl halides is 3. The van der Waals surface area contributed by atoms with Crippen LogP contribution in [0.15, 0.2) is 60.7 Å². The predicted molar refractivity (Wildman–Crippen MR) is 87.4 cm³/mol. The second kappa shape index (κ2) is 7.64. The summed E-state index contributed by atoms with van der Waals surface area (Å²) in [5, 5.41) is 0. The number of allylic oxidation sites excluding steroid dienone is 2. The third-order valence-electron chi connectivity index (χ3n) is 3.07. The minimum Gasteiger partial charge on any atom is -0.406 e. The molecule has 0 saturated heterocycles. The minimum absolute atomic E-state index is 0.216. The van der Waals surface area contributed by atoms with E-state index < -0.39 is 6.36 Å². The summed E-state index contributed by atoms with van der Waals surface area (Å²) < 4.78 is 39.9. The van der Waals surface area contributed by atoms with Gasteiger partial charge in [-0.15, -0.1) is 13.2 Å². The summed E-state index contributed by atoms with van der Waals surface area (Å²) in [4.78, 5) is 11.8. The van der Waals surface area contributed by atoms with E-state index in [0.29, 0.717) is 5.56 Å². The zero-order valence-corrected chi connectivity index (χ0v) is 12.9. The van der Waals surface area contributed by atoms with Gasteiger partial charge in [0.1, 0.15) is 5.75 Å². The summed E-state index contributed by atoms with van der Waals surface area (Å²) in [6, 6.07) is 13.0. The van der Waals surface area contributed by atoms with E-state index in [9.17, 15) is 18.0 Å². The van der Waals surface area contributed by atoms with Crippen molar-refractivity contribution in [3.05, 3.63) is 77.4 Å². The molecule has 2 aromatic rings. The van der Waals surface area contributed by atoms with Gasteiger partial charge in [-0.1, -0.05) is 54.1 Å². The van der Waals surface area contributed by atoms with Crippen LogP contribution < -0.4 is 4.74 Å². The zero-order valence-electron chi connectivity index (χ0n) is 12.9. The topological polar surface area (TPSA) is 26.3 Å². The molecule has 0 aromatic heterocycles. The number of benzene rings is 2. The number of ether oxygens (including phenoxy) is 1. The number of carbonyl (C=O) groups excluding carboxylic acids is 1. The normalized spacial score (nSPS) is 12.0. The van der Waals surface area contributed by atoms with Crippen molar-refractivity contribution in [3.8, 4) is 5.75 Å². The highest BCUT2D eigenvalue weighted by Crippen LogP contribution is 2.22. The van der Waals surface area contributed by atoms with E-state index in [1.54, 1.807) is 6.08 Å². The number of ketones is 1. The summed E-state index contributed by atoms with van der Waals surface area (Å²) in [5.41, 5.74) is 2.65. The Labute approximate surface area is 137 Å². The molecule has 0 amide bonds. The van der Waals surface area contributed by atoms with Gasteiger partial charge in [0.15, 0.2) is 5.78 Å². The summed E-state index contributed by atoms with van der Waals surface area (Å²) in [5.74, 6) is -0.517. The molecule has 0 radical (unpaired) electrons. The summed E-state index contributed by atoms with van der Waals surface area (Å²) in [6.45, 7) is 1.98. The first-order valence-corrected chi connectivity index (χ1v) is 7.14. The fourth-order valence-electron chi connectivity index (χ4n) is 1.87. The van der Waals surface area contributed by atoms with Gasteiger partial charge in [0.25, 0.3) is 0 Å². The van der Waals surface area contributed by atoms with Gasteiger partial charge in [-0.05, 0) is 42.3 Å². The maximum absolute atomic E-state index is 12.1. The average Bonchev–Trinajstić information content (AvgIpc) is 2.52. The molecule has 5 heteroatoms. The first-order chi connectivity index (χ1) is 11.3. The number of hydrogen-bond acceptors (Lipinski definition) is 2. The van der Waals surface area contributed by atoms with Crippen LogP contribution in [0.1, 0.15) is 16.7 Å². The smallest absolute Gasteiger partial charge is 0.406 e. The van der Waals surface area contributed by atoms with Gasteiger partial charge < -0.3 is 4.74 Å². The van der Waals surface area contributed by atoms with E-state index in [0.717, 1.165) is 11.1 Å². The van der Waals surface area contributed by atoms with E-state index in [4.69, 9.17) is 0 Å². The van der Waals surface area contributed by atoms with E-state index in [1.807, 2.05) is 31.2 Å². The summed E-state index contributed by atoms with van der Waals surface area (Å²) in [6.07, 6.45) is 1.30. The third kappa shape index (κ3) is 6.12. The van der Waals surface area contributed by atoms with Gasteiger partial charge in [-0.3, -0.25) is 4.79 Å². The SMILES string of the molecule is Cc1ccc(/C=C/C(=O)/C=C/c2ccc(OC(F)(F)F)cc2)cc1. The molecule has 0 fully saturated rings. The van der Waals surface area contributed by atoms with Crippen molar-refractivity contribution in [2.75, 3.05) is 0 Å². The Morgan fingerprint density at radius 1 is 0.875 bits per heavy atom. The third-order valence-corrected chi connectivity index (χ3v) is 3.07. The number of carbonyl (C=O) groups is 1. The lowest BCUT2D eigenvalue weighted by Gasteiger charge is -2.08. The molecule has 0 spiro atoms. The highest BCUT2D eigenvalue weighted by molar-refractivity contribution is 6.04. The monoisotopic (exact) mass is 332 g/mol. The Morgan fingerprint density at radius 2 is 1.33 bits per heavy atom. The molecule has 0 aliphatic carbocycles. The molecule has 0 aliphatic rings. The molecule has 0 N–H and O–H groups in total. The van der Waals surface area contributed by atoms with Gasteiger partial charge in [0.2, 0.25) is 0 Å². The van der Waals surface area contributed by atoms with Gasteiger partial charge in [0.05, 0.1) is 0 Å². The highest BCUT2D eigenvalue weighted by Gasteiger charge is 2.30. The first kappa shape index (κ1) is 17.5. The van der Waals surface area contributed by atoms with Crippen LogP contribution in [0.3, 0.4) is 0 Å². The molecule has 0 atom stereocenters. The first-order valence-electron chi connectivity index (χ1n) is 7.14. The Balaban J connectivity index is 1.94. The largest absolute Gasteiger partial charge is 0.573 e. The van der Waals surface area contributed by atoms with E-state index in [-0.39, 0.29) is 11.5 Å². The molecule has 2 nitrogen and oxygen atoms in total. The molecule has 0 heterocycles. The number of hydrogen-bond donors (Lipinski definition) is 0. The Kier molecular flexibility index (Phi) is 5.58. The van der Waals surface area contributed by atoms with Crippen molar-refractivity contribution < 1.29 is 22.7 Å². The molecular weight excluding hydrogens is 317 g/mol. The maximum atomic E-state index is 12.1. The van der Waals surface area contributed by atoms with Crippen LogP contribution in [-0.4, -0.2) is 12.1 Å². The number of rotatable bonds is 5. The zero-order chi connectivity index (χ0) is 17.6. The fraction of sp³-hybridized carbons (Fsp3) is 0.105. The molecule has 2 aromatic carbocycles. The van der Waals surface area contributed by atoms with Gasteiger partial charge in [-0.2, -0.15) is 0 Å². The molecule has 0 bridgehead atoms. The second-order valence-electron chi connectivity index (χ2n) is 5.10. The molecule has 2 rings (SSSR count). The minimum atomic E-state index is -4.71. The molecule has 124 valence electrons. The van der Waals surface area contributed by atoms with E-state index in [2.05, 4.69) is 4.74 Å². The standard InChI is InChI=1S/C19H15F3O2/c1-14-2-4-15(5-3-14)6-10-17(23)11-7-16-8-12-18(13-9-16)24-19(20,21)22/h2-13H,1H3/b10-6+,11-7+. The Bertz CT molecular complexity index is 740.